The normalized spacial score (nSPS) is 13.2. The molecule has 29 heavy (non-hydrogen) atoms. The molecule has 6 heteroatoms. The van der Waals surface area contributed by atoms with E-state index in [9.17, 15) is 4.57 Å². The molecule has 2 heterocycles. The molecule has 1 unspecified atom stereocenters. The molecule has 0 saturated carbocycles. The molecule has 3 rings (SSSR count). The Balaban J connectivity index is 1.84. The summed E-state index contributed by atoms with van der Waals surface area (Å²) in [6.07, 6.45) is 5.80. The predicted octanol–water partition coefficient (Wildman–Crippen LogP) is 5.96. The summed E-state index contributed by atoms with van der Waals surface area (Å²) in [7, 11) is -2.23. The number of aryl methyl sites for hydroxylation is 2. The minimum atomic E-state index is -2.23. The quantitative estimate of drug-likeness (QED) is 0.459. The third-order valence-electron chi connectivity index (χ3n) is 4.53. The molecule has 0 fully saturated rings. The zero-order chi connectivity index (χ0) is 21.0. The van der Waals surface area contributed by atoms with Gasteiger partial charge in [-0.3, -0.25) is 4.98 Å². The van der Waals surface area contributed by atoms with E-state index in [-0.39, 0.29) is 6.04 Å². The van der Waals surface area contributed by atoms with Crippen LogP contribution in [0.25, 0.3) is 5.70 Å². The average Bonchev–Trinajstić information content (AvgIpc) is 3.00. The summed E-state index contributed by atoms with van der Waals surface area (Å²) in [6.45, 7) is 9.98. The molecule has 0 aliphatic carbocycles. The van der Waals surface area contributed by atoms with Gasteiger partial charge < -0.3 is 15.2 Å². The lowest BCUT2D eigenvalue weighted by Crippen LogP contribution is -2.15. The van der Waals surface area contributed by atoms with Gasteiger partial charge in [-0.05, 0) is 88.2 Å². The Bertz CT molecular complexity index is 1040. The van der Waals surface area contributed by atoms with Gasteiger partial charge in [0.2, 0.25) is 0 Å². The van der Waals surface area contributed by atoms with Crippen LogP contribution in [0.3, 0.4) is 0 Å². The molecule has 152 valence electrons. The van der Waals surface area contributed by atoms with E-state index in [1.807, 2.05) is 42.6 Å². The summed E-state index contributed by atoms with van der Waals surface area (Å²) in [4.78, 5) is 6.73. The van der Waals surface area contributed by atoms with Gasteiger partial charge in [0.05, 0.1) is 22.5 Å². The molecule has 0 spiro atoms. The Morgan fingerprint density at radius 1 is 1.14 bits per heavy atom. The fraction of sp³-hybridized carbons (Fsp3) is 0.261. The maximum atomic E-state index is 12.2. The molecule has 2 N–H and O–H groups in total. The van der Waals surface area contributed by atoms with Gasteiger partial charge in [0.15, 0.2) is 0 Å². The number of benzene rings is 1. The molecular formula is C23H28N3OPS. The topological polar surface area (TPSA) is 54.0 Å². The number of anilines is 2. The standard InChI is InChI=1S/C23H28N3OPS/c1-16-13-18(3)29-23(16)22(26-20-7-6-12-24-15-20)14-17(2)25-19-8-10-21(11-9-19)28(4,5)27/h6-15,17,25-26H,1-5H3/b22-14+. The average molecular weight is 426 g/mol. The van der Waals surface area contributed by atoms with Crippen LogP contribution in [-0.2, 0) is 4.57 Å². The zero-order valence-electron chi connectivity index (χ0n) is 17.6. The lowest BCUT2D eigenvalue weighted by atomic mass is 10.1. The third kappa shape index (κ3) is 5.81. The van der Waals surface area contributed by atoms with Crippen LogP contribution >= 0.6 is 18.5 Å². The number of pyridine rings is 1. The molecule has 1 atom stereocenters. The number of rotatable bonds is 7. The van der Waals surface area contributed by atoms with Crippen molar-refractivity contribution in [3.8, 4) is 0 Å². The van der Waals surface area contributed by atoms with Gasteiger partial charge in [0, 0.05) is 28.1 Å². The SMILES string of the molecule is Cc1cc(C)c(/C(=C\C(C)Nc2ccc(P(C)(C)=O)cc2)Nc2cccnc2)s1. The highest BCUT2D eigenvalue weighted by molar-refractivity contribution is 7.70. The second-order valence-corrected chi connectivity index (χ2v) is 12.1. The highest BCUT2D eigenvalue weighted by Crippen LogP contribution is 2.34. The van der Waals surface area contributed by atoms with Gasteiger partial charge in [-0.15, -0.1) is 11.3 Å². The largest absolute Gasteiger partial charge is 0.379 e. The first-order chi connectivity index (χ1) is 13.7. The van der Waals surface area contributed by atoms with E-state index in [2.05, 4.69) is 48.5 Å². The van der Waals surface area contributed by atoms with E-state index in [1.54, 1.807) is 30.9 Å². The van der Waals surface area contributed by atoms with Crippen LogP contribution in [-0.4, -0.2) is 24.4 Å². The van der Waals surface area contributed by atoms with Crippen LogP contribution in [0.5, 0.6) is 0 Å². The van der Waals surface area contributed by atoms with E-state index in [4.69, 9.17) is 0 Å². The number of nitrogens with one attached hydrogen (secondary N) is 2. The molecule has 0 amide bonds. The van der Waals surface area contributed by atoms with Crippen LogP contribution in [0.1, 0.15) is 22.2 Å². The monoisotopic (exact) mass is 425 g/mol. The summed E-state index contributed by atoms with van der Waals surface area (Å²) in [5.74, 6) is 0. The van der Waals surface area contributed by atoms with E-state index in [0.29, 0.717) is 0 Å². The minimum Gasteiger partial charge on any atom is -0.379 e. The molecule has 0 saturated heterocycles. The van der Waals surface area contributed by atoms with Crippen molar-refractivity contribution >= 4 is 40.9 Å². The summed E-state index contributed by atoms with van der Waals surface area (Å²) >= 11 is 1.78. The van der Waals surface area contributed by atoms with Crippen LogP contribution < -0.4 is 15.9 Å². The maximum absolute atomic E-state index is 12.2. The van der Waals surface area contributed by atoms with Crippen molar-refractivity contribution in [1.29, 1.82) is 0 Å². The summed E-state index contributed by atoms with van der Waals surface area (Å²) in [5.41, 5.74) is 4.29. The first-order valence-corrected chi connectivity index (χ1v) is 13.0. The smallest absolute Gasteiger partial charge is 0.109 e. The molecular weight excluding hydrogens is 397 g/mol. The Labute approximate surface area is 177 Å². The van der Waals surface area contributed by atoms with Crippen LogP contribution in [0.2, 0.25) is 0 Å². The summed E-state index contributed by atoms with van der Waals surface area (Å²) in [5, 5.41) is 7.94. The van der Waals surface area contributed by atoms with E-state index in [0.717, 1.165) is 22.4 Å². The van der Waals surface area contributed by atoms with Gasteiger partial charge in [-0.2, -0.15) is 0 Å². The summed E-state index contributed by atoms with van der Waals surface area (Å²) in [6, 6.07) is 14.1. The van der Waals surface area contributed by atoms with Crippen molar-refractivity contribution in [2.75, 3.05) is 24.0 Å². The van der Waals surface area contributed by atoms with Gasteiger partial charge >= 0.3 is 0 Å². The number of hydrogen-bond donors (Lipinski definition) is 2. The number of thiophene rings is 1. The fourth-order valence-electron chi connectivity index (χ4n) is 3.15. The zero-order valence-corrected chi connectivity index (χ0v) is 19.3. The molecule has 0 aliphatic heterocycles. The molecule has 2 aromatic heterocycles. The van der Waals surface area contributed by atoms with Crippen molar-refractivity contribution in [2.45, 2.75) is 26.8 Å². The van der Waals surface area contributed by atoms with Crippen molar-refractivity contribution in [3.05, 3.63) is 76.3 Å². The second-order valence-electron chi connectivity index (χ2n) is 7.65. The fourth-order valence-corrected chi connectivity index (χ4v) is 5.02. The van der Waals surface area contributed by atoms with Gasteiger partial charge in [0.1, 0.15) is 7.14 Å². The second kappa shape index (κ2) is 8.98. The molecule has 1 aromatic carbocycles. The summed E-state index contributed by atoms with van der Waals surface area (Å²) < 4.78 is 12.2. The van der Waals surface area contributed by atoms with E-state index >= 15 is 0 Å². The lowest BCUT2D eigenvalue weighted by Gasteiger charge is -2.17. The van der Waals surface area contributed by atoms with E-state index in [1.165, 1.54) is 15.3 Å². The van der Waals surface area contributed by atoms with Crippen LogP contribution in [0, 0.1) is 13.8 Å². The van der Waals surface area contributed by atoms with E-state index < -0.39 is 7.14 Å². The first-order valence-electron chi connectivity index (χ1n) is 9.61. The van der Waals surface area contributed by atoms with Crippen molar-refractivity contribution in [2.24, 2.45) is 0 Å². The van der Waals surface area contributed by atoms with Crippen LogP contribution in [0.4, 0.5) is 11.4 Å². The molecule has 0 aliphatic rings. The van der Waals surface area contributed by atoms with Crippen molar-refractivity contribution in [1.82, 2.24) is 4.98 Å². The maximum Gasteiger partial charge on any atom is 0.109 e. The highest BCUT2D eigenvalue weighted by Gasteiger charge is 2.13. The molecule has 0 radical (unpaired) electrons. The third-order valence-corrected chi connectivity index (χ3v) is 7.25. The molecule has 4 nitrogen and oxygen atoms in total. The van der Waals surface area contributed by atoms with Crippen LogP contribution in [0.15, 0.2) is 60.9 Å². The Hall–Kier alpha value is -2.36. The Morgan fingerprint density at radius 3 is 2.41 bits per heavy atom. The number of nitrogens with zero attached hydrogens (tertiary/aromatic N) is 1. The lowest BCUT2D eigenvalue weighted by molar-refractivity contribution is 0.588. The van der Waals surface area contributed by atoms with Gasteiger partial charge in [0.25, 0.3) is 0 Å². The Morgan fingerprint density at radius 2 is 1.86 bits per heavy atom. The Kier molecular flexibility index (Phi) is 6.61. The predicted molar refractivity (Wildman–Crippen MR) is 128 cm³/mol. The van der Waals surface area contributed by atoms with Crippen molar-refractivity contribution in [3.63, 3.8) is 0 Å². The first kappa shape index (κ1) is 21.4. The number of aromatic nitrogens is 1. The molecule has 0 bridgehead atoms. The van der Waals surface area contributed by atoms with Gasteiger partial charge in [-0.25, -0.2) is 0 Å². The number of hydrogen-bond acceptors (Lipinski definition) is 5. The van der Waals surface area contributed by atoms with Gasteiger partial charge in [-0.1, -0.05) is 0 Å². The molecule has 3 aromatic rings. The minimum absolute atomic E-state index is 0.0943. The highest BCUT2D eigenvalue weighted by atomic mass is 32.1. The van der Waals surface area contributed by atoms with Crippen molar-refractivity contribution < 1.29 is 4.57 Å².